The molecule has 1 aromatic heterocycles. The average Bonchev–Trinajstić information content (AvgIpc) is 2.55. The van der Waals surface area contributed by atoms with Gasteiger partial charge >= 0.3 is 0 Å². The molecule has 0 saturated carbocycles. The van der Waals surface area contributed by atoms with Gasteiger partial charge in [0.2, 0.25) is 0 Å². The minimum atomic E-state index is -3.76. The number of nitrogens with two attached hydrogens (primary N) is 1. The van der Waals surface area contributed by atoms with E-state index in [0.717, 1.165) is 11.1 Å². The van der Waals surface area contributed by atoms with Crippen molar-refractivity contribution in [1.82, 2.24) is 4.98 Å². The molecule has 122 valence electrons. The molecule has 0 aliphatic carbocycles. The number of pyridine rings is 1. The van der Waals surface area contributed by atoms with E-state index in [-0.39, 0.29) is 22.3 Å². The van der Waals surface area contributed by atoms with Crippen molar-refractivity contribution in [2.24, 2.45) is 0 Å². The molecule has 0 saturated heterocycles. The molecule has 3 aromatic rings. The van der Waals surface area contributed by atoms with E-state index in [9.17, 15) is 12.8 Å². The summed E-state index contributed by atoms with van der Waals surface area (Å²) in [5.41, 5.74) is 7.12. The summed E-state index contributed by atoms with van der Waals surface area (Å²) in [7, 11) is -3.76. The number of hydrogen-bond donors (Lipinski definition) is 2. The Morgan fingerprint density at radius 1 is 0.875 bits per heavy atom. The highest BCUT2D eigenvalue weighted by Crippen LogP contribution is 2.22. The molecule has 1 heterocycles. The van der Waals surface area contributed by atoms with Gasteiger partial charge in [-0.2, -0.15) is 0 Å². The molecule has 0 radical (unpaired) electrons. The van der Waals surface area contributed by atoms with E-state index in [0.29, 0.717) is 0 Å². The number of nitrogens with one attached hydrogen (secondary N) is 1. The monoisotopic (exact) mass is 343 g/mol. The molecule has 7 heteroatoms. The molecule has 0 spiro atoms. The third-order valence-corrected chi connectivity index (χ3v) is 4.72. The average molecular weight is 343 g/mol. The maximum atomic E-state index is 13.0. The number of hydrogen-bond acceptors (Lipinski definition) is 4. The first-order valence-electron chi connectivity index (χ1n) is 7.05. The molecule has 0 aliphatic heterocycles. The minimum Gasteiger partial charge on any atom is -0.384 e. The predicted octanol–water partition coefficient (Wildman–Crippen LogP) is 3.27. The number of aromatic nitrogens is 1. The lowest BCUT2D eigenvalue weighted by Gasteiger charge is -2.09. The molecule has 24 heavy (non-hydrogen) atoms. The lowest BCUT2D eigenvalue weighted by atomic mass is 10.1. The summed E-state index contributed by atoms with van der Waals surface area (Å²) in [6, 6.07) is 16.9. The van der Waals surface area contributed by atoms with Crippen LogP contribution in [0.4, 0.5) is 16.0 Å². The predicted molar refractivity (Wildman–Crippen MR) is 91.3 cm³/mol. The summed E-state index contributed by atoms with van der Waals surface area (Å²) in [5, 5.41) is 0. The Kier molecular flexibility index (Phi) is 4.18. The molecule has 3 rings (SSSR count). The Bertz CT molecular complexity index is 956. The van der Waals surface area contributed by atoms with Crippen LogP contribution in [-0.4, -0.2) is 13.4 Å². The Labute approximate surface area is 139 Å². The van der Waals surface area contributed by atoms with Crippen LogP contribution in [0.3, 0.4) is 0 Å². The third kappa shape index (κ3) is 3.52. The van der Waals surface area contributed by atoms with E-state index in [1.54, 1.807) is 36.4 Å². The quantitative estimate of drug-likeness (QED) is 0.761. The Morgan fingerprint density at radius 2 is 1.46 bits per heavy atom. The number of benzene rings is 2. The van der Waals surface area contributed by atoms with E-state index in [2.05, 4.69) is 9.71 Å². The molecule has 0 atom stereocenters. The highest BCUT2D eigenvalue weighted by molar-refractivity contribution is 7.92. The van der Waals surface area contributed by atoms with Crippen LogP contribution >= 0.6 is 0 Å². The second-order valence-electron chi connectivity index (χ2n) is 5.08. The number of rotatable bonds is 4. The van der Waals surface area contributed by atoms with Gasteiger partial charge < -0.3 is 5.73 Å². The van der Waals surface area contributed by atoms with Crippen LogP contribution < -0.4 is 10.5 Å². The number of sulfonamides is 1. The third-order valence-electron chi connectivity index (χ3n) is 3.35. The maximum Gasteiger partial charge on any atom is 0.263 e. The second-order valence-corrected chi connectivity index (χ2v) is 6.77. The fraction of sp³-hybridized carbons (Fsp3) is 0. The van der Waals surface area contributed by atoms with Crippen LogP contribution in [0.5, 0.6) is 0 Å². The van der Waals surface area contributed by atoms with Gasteiger partial charge in [0.1, 0.15) is 17.5 Å². The highest BCUT2D eigenvalue weighted by Gasteiger charge is 2.15. The van der Waals surface area contributed by atoms with Crippen LogP contribution in [-0.2, 0) is 10.0 Å². The van der Waals surface area contributed by atoms with Crippen molar-refractivity contribution in [2.45, 2.75) is 4.90 Å². The summed E-state index contributed by atoms with van der Waals surface area (Å²) >= 11 is 0. The molecule has 0 aliphatic rings. The fourth-order valence-corrected chi connectivity index (χ4v) is 3.18. The van der Waals surface area contributed by atoms with E-state index in [1.165, 1.54) is 30.3 Å². The normalized spacial score (nSPS) is 11.2. The van der Waals surface area contributed by atoms with Gasteiger partial charge in [0.15, 0.2) is 0 Å². The zero-order valence-corrected chi connectivity index (χ0v) is 13.3. The molecule has 0 bridgehead atoms. The van der Waals surface area contributed by atoms with Crippen molar-refractivity contribution < 1.29 is 12.8 Å². The molecular weight excluding hydrogens is 329 g/mol. The molecular formula is C17H14FN3O2S. The van der Waals surface area contributed by atoms with Gasteiger partial charge in [-0.25, -0.2) is 17.8 Å². The first kappa shape index (κ1) is 15.9. The van der Waals surface area contributed by atoms with Crippen LogP contribution in [0.1, 0.15) is 0 Å². The molecule has 2 aromatic carbocycles. The highest BCUT2D eigenvalue weighted by atomic mass is 32.2. The lowest BCUT2D eigenvalue weighted by Crippen LogP contribution is -2.14. The standard InChI is InChI=1S/C17H14FN3O2S/c18-14-8-4-12(5-9-14)13-6-10-15(11-7-13)24(22,23)21-17-3-1-2-16(19)20-17/h1-11H,(H3,19,20,21). The molecule has 3 N–H and O–H groups in total. The zero-order valence-electron chi connectivity index (χ0n) is 12.5. The fourth-order valence-electron chi connectivity index (χ4n) is 2.17. The van der Waals surface area contributed by atoms with Crippen molar-refractivity contribution in [3.05, 3.63) is 72.5 Å². The van der Waals surface area contributed by atoms with Gasteiger partial charge in [-0.3, -0.25) is 4.72 Å². The van der Waals surface area contributed by atoms with Crippen molar-refractivity contribution in [3.8, 4) is 11.1 Å². The van der Waals surface area contributed by atoms with Gasteiger partial charge in [0, 0.05) is 0 Å². The van der Waals surface area contributed by atoms with Crippen LogP contribution in [0.2, 0.25) is 0 Å². The van der Waals surface area contributed by atoms with Crippen molar-refractivity contribution in [3.63, 3.8) is 0 Å². The summed E-state index contributed by atoms with van der Waals surface area (Å²) in [5.74, 6) is 0.0521. The van der Waals surface area contributed by atoms with E-state index < -0.39 is 10.0 Å². The van der Waals surface area contributed by atoms with Gasteiger partial charge in [-0.1, -0.05) is 30.3 Å². The summed E-state index contributed by atoms with van der Waals surface area (Å²) in [6.45, 7) is 0. The Balaban J connectivity index is 1.85. The van der Waals surface area contributed by atoms with Gasteiger partial charge in [-0.05, 0) is 47.5 Å². The maximum absolute atomic E-state index is 13.0. The number of anilines is 2. The number of nitrogens with zero attached hydrogens (tertiary/aromatic N) is 1. The SMILES string of the molecule is Nc1cccc(NS(=O)(=O)c2ccc(-c3ccc(F)cc3)cc2)n1. The Morgan fingerprint density at radius 3 is 2.04 bits per heavy atom. The largest absolute Gasteiger partial charge is 0.384 e. The van der Waals surface area contributed by atoms with Crippen molar-refractivity contribution in [2.75, 3.05) is 10.5 Å². The first-order valence-corrected chi connectivity index (χ1v) is 8.54. The van der Waals surface area contributed by atoms with E-state index in [4.69, 9.17) is 5.73 Å². The summed E-state index contributed by atoms with van der Waals surface area (Å²) in [4.78, 5) is 4.00. The Hall–Kier alpha value is -2.93. The molecule has 5 nitrogen and oxygen atoms in total. The van der Waals surface area contributed by atoms with Gasteiger partial charge in [0.05, 0.1) is 4.90 Å². The van der Waals surface area contributed by atoms with E-state index in [1.807, 2.05) is 0 Å². The first-order chi connectivity index (χ1) is 11.4. The molecule has 0 fully saturated rings. The smallest absolute Gasteiger partial charge is 0.263 e. The van der Waals surface area contributed by atoms with Crippen LogP contribution in [0.15, 0.2) is 71.6 Å². The summed E-state index contributed by atoms with van der Waals surface area (Å²) in [6.07, 6.45) is 0. The number of halogens is 1. The van der Waals surface area contributed by atoms with Crippen molar-refractivity contribution in [1.29, 1.82) is 0 Å². The second kappa shape index (κ2) is 6.29. The minimum absolute atomic E-state index is 0.0950. The van der Waals surface area contributed by atoms with Crippen LogP contribution in [0.25, 0.3) is 11.1 Å². The lowest BCUT2D eigenvalue weighted by molar-refractivity contribution is 0.601. The van der Waals surface area contributed by atoms with E-state index >= 15 is 0 Å². The zero-order chi connectivity index (χ0) is 17.2. The van der Waals surface area contributed by atoms with Gasteiger partial charge in [-0.15, -0.1) is 0 Å². The number of nitrogen functional groups attached to an aromatic ring is 1. The topological polar surface area (TPSA) is 85.1 Å². The van der Waals surface area contributed by atoms with Crippen LogP contribution in [0, 0.1) is 5.82 Å². The molecule has 0 amide bonds. The van der Waals surface area contributed by atoms with Crippen molar-refractivity contribution >= 4 is 21.7 Å². The summed E-state index contributed by atoms with van der Waals surface area (Å²) < 4.78 is 40.1. The van der Waals surface area contributed by atoms with Gasteiger partial charge in [0.25, 0.3) is 10.0 Å². The molecule has 0 unspecified atom stereocenters.